The number of carbonyl (C=O) groups excluding carboxylic acids is 3. The van der Waals surface area contributed by atoms with Crippen molar-refractivity contribution in [3.8, 4) is 0 Å². The molecule has 2 aliphatic rings. The first-order valence-electron chi connectivity index (χ1n) is 14.7. The normalized spacial score (nSPS) is 31.5. The monoisotopic (exact) mass is 706 g/mol. The number of urea groups is 1. The Morgan fingerprint density at radius 3 is 1.26 bits per heavy atom. The van der Waals surface area contributed by atoms with E-state index in [4.69, 9.17) is 9.47 Å². The Bertz CT molecular complexity index is 903. The molecular weight excluding hydrogens is 652 g/mol. The van der Waals surface area contributed by atoms with Crippen LogP contribution in [0.2, 0.25) is 0 Å². The van der Waals surface area contributed by atoms with Crippen LogP contribution in [0.5, 0.6) is 0 Å². The first-order chi connectivity index (χ1) is 20.4. The maximum Gasteiger partial charge on any atom is 0.315 e. The molecule has 2 aliphatic heterocycles. The van der Waals surface area contributed by atoms with Gasteiger partial charge in [0.25, 0.3) is 0 Å². The molecule has 0 unspecified atom stereocenters. The van der Waals surface area contributed by atoms with Crippen molar-refractivity contribution in [3.05, 3.63) is 0 Å². The molecule has 17 nitrogen and oxygen atoms in total. The molecule has 0 aromatic heterocycles. The second kappa shape index (κ2) is 19.5. The molecule has 10 atom stereocenters. The summed E-state index contributed by atoms with van der Waals surface area (Å²) in [6.07, 6.45) is -14.4. The lowest BCUT2D eigenvalue weighted by Crippen LogP contribution is -2.59. The highest BCUT2D eigenvalue weighted by atomic mass is 32.1. The summed E-state index contributed by atoms with van der Waals surface area (Å²) in [6, 6.07) is -0.486. The van der Waals surface area contributed by atoms with E-state index in [1.807, 2.05) is 0 Å². The van der Waals surface area contributed by atoms with Crippen molar-refractivity contribution in [2.75, 3.05) is 26.3 Å². The first-order valence-corrected chi connectivity index (χ1v) is 14.7. The zero-order valence-corrected chi connectivity index (χ0v) is 28.5. The van der Waals surface area contributed by atoms with Crippen molar-refractivity contribution < 1.29 is 64.7 Å². The molecule has 19 heteroatoms. The lowest BCUT2D eigenvalue weighted by molar-refractivity contribution is -0.229. The Morgan fingerprint density at radius 1 is 0.587 bits per heavy atom. The fourth-order valence-corrected chi connectivity index (χ4v) is 5.06. The fourth-order valence-electron chi connectivity index (χ4n) is 5.06. The van der Waals surface area contributed by atoms with Gasteiger partial charge in [-0.25, -0.2) is 4.79 Å². The van der Waals surface area contributed by atoms with Gasteiger partial charge in [0.2, 0.25) is 11.8 Å². The SMILES string of the molecule is CC(C)(C)NC(=O)NC(C)(CCNC(=O)C[C@@H]1O[C@H](CO)[C@H](O)[C@H](O)[C@H]1O)CCNC(=O)C[C@@H]1O[C@H](CO)[C@H](O)[C@H](O)[C@H]1O.S.S. The van der Waals surface area contributed by atoms with E-state index in [2.05, 4.69) is 21.3 Å². The van der Waals surface area contributed by atoms with Crippen LogP contribution in [0.4, 0.5) is 4.79 Å². The molecule has 2 rings (SSSR count). The topological polar surface area (TPSA) is 280 Å². The number of aliphatic hydroxyl groups is 8. The molecule has 272 valence electrons. The second-order valence-corrected chi connectivity index (χ2v) is 12.7. The molecule has 4 amide bonds. The summed E-state index contributed by atoms with van der Waals surface area (Å²) in [5, 5.41) is 89.7. The van der Waals surface area contributed by atoms with Crippen LogP contribution in [0.15, 0.2) is 0 Å². The van der Waals surface area contributed by atoms with Gasteiger partial charge < -0.3 is 71.6 Å². The third kappa shape index (κ3) is 13.2. The largest absolute Gasteiger partial charge is 0.394 e. The van der Waals surface area contributed by atoms with Gasteiger partial charge in [-0.05, 0) is 40.5 Å². The number of nitrogens with one attached hydrogen (secondary N) is 4. The number of carbonyl (C=O) groups is 3. The molecule has 0 spiro atoms. The Balaban J connectivity index is 0.0000101. The molecule has 0 bridgehead atoms. The Hall–Kier alpha value is -1.49. The zero-order chi connectivity index (χ0) is 33.4. The van der Waals surface area contributed by atoms with Gasteiger partial charge in [0.05, 0.1) is 38.3 Å². The number of ether oxygens (including phenoxy) is 2. The molecule has 0 aromatic carbocycles. The average molecular weight is 707 g/mol. The number of amides is 4. The van der Waals surface area contributed by atoms with Crippen molar-refractivity contribution in [1.82, 2.24) is 21.3 Å². The molecule has 46 heavy (non-hydrogen) atoms. The lowest BCUT2D eigenvalue weighted by Gasteiger charge is -2.40. The van der Waals surface area contributed by atoms with Crippen molar-refractivity contribution in [3.63, 3.8) is 0 Å². The van der Waals surface area contributed by atoms with Crippen molar-refractivity contribution in [2.24, 2.45) is 0 Å². The molecule has 2 heterocycles. The van der Waals surface area contributed by atoms with E-state index in [0.717, 1.165) is 0 Å². The summed E-state index contributed by atoms with van der Waals surface area (Å²) in [4.78, 5) is 37.9. The summed E-state index contributed by atoms with van der Waals surface area (Å²) in [5.41, 5.74) is -1.51. The highest BCUT2D eigenvalue weighted by Crippen LogP contribution is 2.24. The zero-order valence-electron chi connectivity index (χ0n) is 26.5. The highest BCUT2D eigenvalue weighted by Gasteiger charge is 2.45. The molecular formula is C27H54N4O13S2. The molecule has 0 aromatic rings. The summed E-state index contributed by atoms with van der Waals surface area (Å²) in [6.45, 7) is 5.96. The van der Waals surface area contributed by atoms with Crippen LogP contribution < -0.4 is 21.3 Å². The van der Waals surface area contributed by atoms with Crippen molar-refractivity contribution in [2.45, 2.75) is 125 Å². The Kier molecular flexibility index (Phi) is 18.9. The molecule has 0 saturated carbocycles. The van der Waals surface area contributed by atoms with E-state index in [9.17, 15) is 55.2 Å². The van der Waals surface area contributed by atoms with Gasteiger partial charge in [0.1, 0.15) is 48.8 Å². The summed E-state index contributed by atoms with van der Waals surface area (Å²) in [5.74, 6) is -1.10. The third-order valence-corrected chi connectivity index (χ3v) is 7.66. The predicted molar refractivity (Wildman–Crippen MR) is 173 cm³/mol. The van der Waals surface area contributed by atoms with E-state index >= 15 is 0 Å². The second-order valence-electron chi connectivity index (χ2n) is 12.7. The van der Waals surface area contributed by atoms with Crippen molar-refractivity contribution in [1.29, 1.82) is 0 Å². The minimum Gasteiger partial charge on any atom is -0.394 e. The maximum absolute atomic E-state index is 12.7. The average Bonchev–Trinajstić information content (AvgIpc) is 2.92. The molecule has 0 aliphatic carbocycles. The number of aliphatic hydroxyl groups excluding tert-OH is 8. The van der Waals surface area contributed by atoms with Crippen molar-refractivity contribution >= 4 is 44.8 Å². The smallest absolute Gasteiger partial charge is 0.315 e. The van der Waals surface area contributed by atoms with E-state index in [-0.39, 0.29) is 65.8 Å². The van der Waals surface area contributed by atoms with Gasteiger partial charge in [-0.1, -0.05) is 0 Å². The number of hydrogen-bond donors (Lipinski definition) is 12. The third-order valence-electron chi connectivity index (χ3n) is 7.66. The van der Waals surface area contributed by atoms with Gasteiger partial charge >= 0.3 is 6.03 Å². The minimum atomic E-state index is -1.61. The molecule has 0 radical (unpaired) electrons. The quantitative estimate of drug-likeness (QED) is 0.0863. The first kappa shape index (κ1) is 44.5. The van der Waals surface area contributed by atoms with Crippen LogP contribution >= 0.6 is 27.0 Å². The number of hydrogen-bond acceptors (Lipinski definition) is 13. The van der Waals surface area contributed by atoms with Crippen LogP contribution in [-0.4, -0.2) is 157 Å². The summed E-state index contributed by atoms with van der Waals surface area (Å²) < 4.78 is 10.7. The highest BCUT2D eigenvalue weighted by molar-refractivity contribution is 7.59. The number of rotatable bonds is 13. The summed E-state index contributed by atoms with van der Waals surface area (Å²) >= 11 is 0. The van der Waals surface area contributed by atoms with Crippen LogP contribution in [-0.2, 0) is 19.1 Å². The van der Waals surface area contributed by atoms with E-state index < -0.39 is 103 Å². The predicted octanol–water partition coefficient (Wildman–Crippen LogP) is -4.45. The van der Waals surface area contributed by atoms with Crippen LogP contribution in [0, 0.1) is 0 Å². The van der Waals surface area contributed by atoms with Crippen LogP contribution in [0.1, 0.15) is 53.4 Å². The Morgan fingerprint density at radius 2 is 0.935 bits per heavy atom. The molecule has 12 N–H and O–H groups in total. The lowest BCUT2D eigenvalue weighted by atomic mass is 9.92. The fraction of sp³-hybridized carbons (Fsp3) is 0.889. The molecule has 2 fully saturated rings. The van der Waals surface area contributed by atoms with Gasteiger partial charge in [-0.15, -0.1) is 0 Å². The van der Waals surface area contributed by atoms with E-state index in [0.29, 0.717) is 0 Å². The van der Waals surface area contributed by atoms with Gasteiger partial charge in [-0.2, -0.15) is 27.0 Å². The van der Waals surface area contributed by atoms with E-state index in [1.165, 1.54) is 0 Å². The van der Waals surface area contributed by atoms with Gasteiger partial charge in [0.15, 0.2) is 0 Å². The summed E-state index contributed by atoms with van der Waals surface area (Å²) in [7, 11) is 0. The van der Waals surface area contributed by atoms with Crippen LogP contribution in [0.25, 0.3) is 0 Å². The Labute approximate surface area is 282 Å². The van der Waals surface area contributed by atoms with Gasteiger partial charge in [-0.3, -0.25) is 9.59 Å². The standard InChI is InChI=1S/C27H50N4O13.2H2S/c1-26(2,3)30-25(42)31-27(4,5-7-28-17(34)9-13-19(36)23(40)21(38)15(11-32)43-13)6-8-29-18(35)10-14-20(37)24(41)22(39)16(12-33)44-14;;/h13-16,19-24,32-33,36-41H,5-12H2,1-4H3,(H,28,34)(H,29,35)(H2,30,31,42);2*1H2/t13-,14-,15+,16+,19-,20-,21-,22-,23+,24+;;/m0../s1. The molecule has 2 saturated heterocycles. The van der Waals surface area contributed by atoms with Gasteiger partial charge in [0, 0.05) is 24.2 Å². The van der Waals surface area contributed by atoms with E-state index in [1.54, 1.807) is 27.7 Å². The minimum absolute atomic E-state index is 0. The maximum atomic E-state index is 12.7. The van der Waals surface area contributed by atoms with Crippen LogP contribution in [0.3, 0.4) is 0 Å².